The van der Waals surface area contributed by atoms with Crippen LogP contribution in [0, 0.1) is 0 Å². The maximum Gasteiger partial charge on any atom is 0.337 e. The van der Waals surface area contributed by atoms with Crippen molar-refractivity contribution in [3.8, 4) is 5.75 Å². The van der Waals surface area contributed by atoms with Gasteiger partial charge in [-0.15, -0.1) is 0 Å². The lowest BCUT2D eigenvalue weighted by molar-refractivity contribution is -0.128. The third-order valence-electron chi connectivity index (χ3n) is 3.77. The minimum absolute atomic E-state index is 0.174. The van der Waals surface area contributed by atoms with Crippen molar-refractivity contribution in [3.05, 3.63) is 65.7 Å². The van der Waals surface area contributed by atoms with E-state index >= 15 is 0 Å². The van der Waals surface area contributed by atoms with Gasteiger partial charge in [-0.05, 0) is 31.0 Å². The summed E-state index contributed by atoms with van der Waals surface area (Å²) in [6.45, 7) is 0. The van der Waals surface area contributed by atoms with E-state index in [9.17, 15) is 9.59 Å². The first-order valence-corrected chi connectivity index (χ1v) is 7.88. The van der Waals surface area contributed by atoms with E-state index in [-0.39, 0.29) is 11.9 Å². The Morgan fingerprint density at radius 2 is 1.83 bits per heavy atom. The summed E-state index contributed by atoms with van der Waals surface area (Å²) in [5.74, 6) is -0.177. The second-order valence-corrected chi connectivity index (χ2v) is 5.71. The van der Waals surface area contributed by atoms with Gasteiger partial charge in [0.25, 0.3) is 5.91 Å². The first-order valence-electron chi connectivity index (χ1n) is 7.88. The van der Waals surface area contributed by atoms with Crippen LogP contribution in [-0.2, 0) is 9.53 Å². The van der Waals surface area contributed by atoms with Crippen LogP contribution in [0.2, 0.25) is 0 Å². The number of rotatable bonds is 6. The van der Waals surface area contributed by atoms with Gasteiger partial charge in [0.05, 0.1) is 12.7 Å². The van der Waals surface area contributed by atoms with Gasteiger partial charge in [0.15, 0.2) is 0 Å². The number of hydrogen-bond donors (Lipinski definition) is 1. The van der Waals surface area contributed by atoms with E-state index in [2.05, 4.69) is 5.32 Å². The molecular formula is C19H19NO4. The normalized spacial score (nSPS) is 14.5. The zero-order chi connectivity index (χ0) is 16.9. The Balaban J connectivity index is 1.83. The highest BCUT2D eigenvalue weighted by atomic mass is 16.5. The molecule has 1 fully saturated rings. The Bertz CT molecular complexity index is 725. The maximum absolute atomic E-state index is 12.5. The van der Waals surface area contributed by atoms with E-state index in [1.165, 1.54) is 7.11 Å². The fourth-order valence-corrected chi connectivity index (χ4v) is 2.36. The Morgan fingerprint density at radius 3 is 2.50 bits per heavy atom. The number of benzene rings is 2. The number of ether oxygens (including phenoxy) is 2. The summed E-state index contributed by atoms with van der Waals surface area (Å²) in [5, 5.41) is 2.97. The summed E-state index contributed by atoms with van der Waals surface area (Å²) in [5.41, 5.74) is 1.14. The first-order chi connectivity index (χ1) is 11.7. The Morgan fingerprint density at radius 1 is 1.08 bits per heavy atom. The highest BCUT2D eigenvalue weighted by Gasteiger charge is 2.29. The molecule has 5 heteroatoms. The van der Waals surface area contributed by atoms with Crippen molar-refractivity contribution in [1.29, 1.82) is 0 Å². The van der Waals surface area contributed by atoms with Crippen molar-refractivity contribution in [2.45, 2.75) is 25.0 Å². The van der Waals surface area contributed by atoms with Crippen LogP contribution >= 0.6 is 0 Å². The van der Waals surface area contributed by atoms with Gasteiger partial charge >= 0.3 is 5.97 Å². The van der Waals surface area contributed by atoms with Crippen molar-refractivity contribution >= 4 is 11.9 Å². The number of hydrogen-bond acceptors (Lipinski definition) is 4. The molecule has 1 aliphatic rings. The van der Waals surface area contributed by atoms with Crippen LogP contribution in [0.25, 0.3) is 0 Å². The standard InChI is InChI=1S/C19H19NO4/c1-23-19(22)14-8-5-9-16(12-14)24-17(13-6-3-2-4-7-13)18(21)20-15-10-11-15/h2-9,12,15,17H,10-11H2,1H3,(H,20,21)/t17-/m0/s1. The van der Waals surface area contributed by atoms with Crippen LogP contribution in [0.1, 0.15) is 34.9 Å². The third kappa shape index (κ3) is 3.93. The Kier molecular flexibility index (Phi) is 4.79. The monoisotopic (exact) mass is 325 g/mol. The molecule has 1 atom stereocenters. The molecule has 124 valence electrons. The minimum atomic E-state index is -0.764. The maximum atomic E-state index is 12.5. The van der Waals surface area contributed by atoms with Crippen molar-refractivity contribution in [2.75, 3.05) is 7.11 Å². The molecular weight excluding hydrogens is 306 g/mol. The van der Waals surface area contributed by atoms with Gasteiger partial charge in [-0.3, -0.25) is 4.79 Å². The van der Waals surface area contributed by atoms with Gasteiger partial charge in [-0.2, -0.15) is 0 Å². The van der Waals surface area contributed by atoms with Gasteiger partial charge in [0.1, 0.15) is 5.75 Å². The average molecular weight is 325 g/mol. The quantitative estimate of drug-likeness (QED) is 0.830. The average Bonchev–Trinajstić information content (AvgIpc) is 3.44. The fourth-order valence-electron chi connectivity index (χ4n) is 2.36. The van der Waals surface area contributed by atoms with Crippen LogP contribution in [0.3, 0.4) is 0 Å². The molecule has 3 rings (SSSR count). The highest BCUT2D eigenvalue weighted by Crippen LogP contribution is 2.26. The molecule has 0 aromatic heterocycles. The molecule has 2 aromatic rings. The van der Waals surface area contributed by atoms with E-state index in [1.807, 2.05) is 30.3 Å². The lowest BCUT2D eigenvalue weighted by Crippen LogP contribution is -2.33. The summed E-state index contributed by atoms with van der Waals surface area (Å²) in [6, 6.07) is 16.2. The third-order valence-corrected chi connectivity index (χ3v) is 3.77. The number of nitrogens with one attached hydrogen (secondary N) is 1. The molecule has 0 aliphatic heterocycles. The van der Waals surface area contributed by atoms with Crippen molar-refractivity contribution < 1.29 is 19.1 Å². The van der Waals surface area contributed by atoms with Gasteiger partial charge in [-0.25, -0.2) is 4.79 Å². The molecule has 24 heavy (non-hydrogen) atoms. The minimum Gasteiger partial charge on any atom is -0.476 e. The molecule has 1 N–H and O–H groups in total. The lowest BCUT2D eigenvalue weighted by atomic mass is 10.1. The van der Waals surface area contributed by atoms with E-state index < -0.39 is 12.1 Å². The predicted molar refractivity (Wildman–Crippen MR) is 88.8 cm³/mol. The second-order valence-electron chi connectivity index (χ2n) is 5.71. The topological polar surface area (TPSA) is 64.6 Å². The largest absolute Gasteiger partial charge is 0.476 e. The fraction of sp³-hybridized carbons (Fsp3) is 0.263. The molecule has 2 aromatic carbocycles. The molecule has 0 spiro atoms. The molecule has 0 unspecified atom stereocenters. The number of carbonyl (C=O) groups is 2. The van der Waals surface area contributed by atoms with Crippen LogP contribution in [-0.4, -0.2) is 25.0 Å². The lowest BCUT2D eigenvalue weighted by Gasteiger charge is -2.19. The number of amides is 1. The predicted octanol–water partition coefficient (Wildman–Crippen LogP) is 2.87. The molecule has 1 aliphatic carbocycles. The van der Waals surface area contributed by atoms with Crippen LogP contribution in [0.4, 0.5) is 0 Å². The first kappa shape index (κ1) is 16.1. The summed E-state index contributed by atoms with van der Waals surface area (Å²) in [6.07, 6.45) is 1.25. The van der Waals surface area contributed by atoms with Crippen molar-refractivity contribution in [2.24, 2.45) is 0 Å². The molecule has 0 bridgehead atoms. The van der Waals surface area contributed by atoms with Gasteiger partial charge in [0, 0.05) is 11.6 Å². The van der Waals surface area contributed by atoms with Crippen LogP contribution < -0.4 is 10.1 Å². The molecule has 0 heterocycles. The number of carbonyl (C=O) groups excluding carboxylic acids is 2. The smallest absolute Gasteiger partial charge is 0.337 e. The summed E-state index contributed by atoms with van der Waals surface area (Å²) >= 11 is 0. The molecule has 5 nitrogen and oxygen atoms in total. The summed E-state index contributed by atoms with van der Waals surface area (Å²) < 4.78 is 10.6. The SMILES string of the molecule is COC(=O)c1cccc(O[C@H](C(=O)NC2CC2)c2ccccc2)c1. The zero-order valence-electron chi connectivity index (χ0n) is 13.4. The van der Waals surface area contributed by atoms with Gasteiger partial charge < -0.3 is 14.8 Å². The van der Waals surface area contributed by atoms with Crippen LogP contribution in [0.5, 0.6) is 5.75 Å². The summed E-state index contributed by atoms with van der Waals surface area (Å²) in [4.78, 5) is 24.2. The Labute approximate surface area is 140 Å². The van der Waals surface area contributed by atoms with Gasteiger partial charge in [0.2, 0.25) is 6.10 Å². The van der Waals surface area contributed by atoms with Gasteiger partial charge in [-0.1, -0.05) is 36.4 Å². The second kappa shape index (κ2) is 7.17. The van der Waals surface area contributed by atoms with Crippen molar-refractivity contribution in [3.63, 3.8) is 0 Å². The van der Waals surface area contributed by atoms with E-state index in [0.717, 1.165) is 18.4 Å². The molecule has 0 radical (unpaired) electrons. The summed E-state index contributed by atoms with van der Waals surface area (Å²) in [7, 11) is 1.33. The number of methoxy groups -OCH3 is 1. The van der Waals surface area contributed by atoms with Crippen LogP contribution in [0.15, 0.2) is 54.6 Å². The van der Waals surface area contributed by atoms with E-state index in [1.54, 1.807) is 24.3 Å². The Hall–Kier alpha value is -2.82. The number of esters is 1. The van der Waals surface area contributed by atoms with Crippen molar-refractivity contribution in [1.82, 2.24) is 5.32 Å². The molecule has 1 amide bonds. The van der Waals surface area contributed by atoms with E-state index in [4.69, 9.17) is 9.47 Å². The molecule has 1 saturated carbocycles. The molecule has 0 saturated heterocycles. The zero-order valence-corrected chi connectivity index (χ0v) is 13.4. The highest BCUT2D eigenvalue weighted by molar-refractivity contribution is 5.89. The van der Waals surface area contributed by atoms with E-state index in [0.29, 0.717) is 11.3 Å².